The smallest absolute Gasteiger partial charge is 0.258 e. The number of carbonyl (C=O) groups is 3. The van der Waals surface area contributed by atoms with Gasteiger partial charge in [-0.25, -0.2) is 0 Å². The fourth-order valence-electron chi connectivity index (χ4n) is 2.09. The molecule has 0 saturated carbocycles. The topological polar surface area (TPSA) is 79.6 Å². The number of hydrogen-bond acceptors (Lipinski definition) is 4. The molecule has 1 fully saturated rings. The van der Waals surface area contributed by atoms with Gasteiger partial charge in [-0.1, -0.05) is 18.2 Å². The van der Waals surface area contributed by atoms with E-state index in [2.05, 4.69) is 5.32 Å². The lowest BCUT2D eigenvalue weighted by Gasteiger charge is -2.24. The Labute approximate surface area is 108 Å². The second-order valence-electron chi connectivity index (χ2n) is 4.28. The molecule has 1 N–H and O–H groups in total. The third-order valence-electron chi connectivity index (χ3n) is 2.95. The maximum absolute atomic E-state index is 12.3. The lowest BCUT2D eigenvalue weighted by molar-refractivity contribution is -0.135. The van der Waals surface area contributed by atoms with Gasteiger partial charge >= 0.3 is 0 Å². The molecule has 0 atom stereocenters. The van der Waals surface area contributed by atoms with Gasteiger partial charge in [0.15, 0.2) is 0 Å². The molecule has 0 unspecified atom stereocenters. The number of piperazine rings is 1. The predicted molar refractivity (Wildman–Crippen MR) is 65.3 cm³/mol. The van der Waals surface area contributed by atoms with Gasteiger partial charge in [0.05, 0.1) is 5.56 Å². The molecule has 2 aromatic rings. The largest absolute Gasteiger partial charge is 0.463 e. The van der Waals surface area contributed by atoms with Gasteiger partial charge in [0.2, 0.25) is 11.8 Å². The fourth-order valence-corrected chi connectivity index (χ4v) is 2.09. The summed E-state index contributed by atoms with van der Waals surface area (Å²) in [6.45, 7) is -0.242. The first-order valence-electron chi connectivity index (χ1n) is 5.73. The zero-order chi connectivity index (χ0) is 13.4. The molecule has 2 heterocycles. The van der Waals surface area contributed by atoms with Crippen molar-refractivity contribution in [2.24, 2.45) is 0 Å². The number of amides is 3. The van der Waals surface area contributed by atoms with E-state index in [0.29, 0.717) is 16.5 Å². The minimum Gasteiger partial charge on any atom is -0.463 e. The van der Waals surface area contributed by atoms with Crippen LogP contribution in [-0.2, 0) is 9.59 Å². The summed E-state index contributed by atoms with van der Waals surface area (Å²) in [6, 6.07) is 7.11. The molecule has 0 radical (unpaired) electrons. The van der Waals surface area contributed by atoms with Crippen LogP contribution in [0.1, 0.15) is 10.4 Å². The summed E-state index contributed by atoms with van der Waals surface area (Å²) in [5.74, 6) is -1.33. The number of fused-ring (bicyclic) bond motifs is 1. The normalized spacial score (nSPS) is 15.7. The SMILES string of the molecule is O=C1CN(C(=O)c2coc3ccccc23)CC(=O)N1. The van der Waals surface area contributed by atoms with Gasteiger partial charge in [-0.2, -0.15) is 0 Å². The molecule has 19 heavy (non-hydrogen) atoms. The summed E-state index contributed by atoms with van der Waals surface area (Å²) in [7, 11) is 0. The highest BCUT2D eigenvalue weighted by Crippen LogP contribution is 2.22. The highest BCUT2D eigenvalue weighted by Gasteiger charge is 2.28. The average molecular weight is 258 g/mol. The summed E-state index contributed by atoms with van der Waals surface area (Å²) in [5, 5.41) is 2.82. The predicted octanol–water partition coefficient (Wildman–Crippen LogP) is 0.531. The Morgan fingerprint density at radius 1 is 1.16 bits per heavy atom. The molecule has 3 rings (SSSR count). The molecular weight excluding hydrogens is 248 g/mol. The minimum atomic E-state index is -0.475. The molecule has 1 aromatic heterocycles. The molecule has 1 aromatic carbocycles. The highest BCUT2D eigenvalue weighted by atomic mass is 16.3. The van der Waals surface area contributed by atoms with Crippen molar-refractivity contribution in [1.82, 2.24) is 10.2 Å². The molecular formula is C13H10N2O4. The second kappa shape index (κ2) is 4.24. The number of hydrogen-bond donors (Lipinski definition) is 1. The quantitative estimate of drug-likeness (QED) is 0.757. The van der Waals surface area contributed by atoms with E-state index in [1.54, 1.807) is 24.3 Å². The summed E-state index contributed by atoms with van der Waals surface area (Å²) in [4.78, 5) is 36.1. The number of imide groups is 1. The zero-order valence-corrected chi connectivity index (χ0v) is 9.88. The number of nitrogens with zero attached hydrogens (tertiary/aromatic N) is 1. The monoisotopic (exact) mass is 258 g/mol. The third-order valence-corrected chi connectivity index (χ3v) is 2.95. The summed E-state index contributed by atoms with van der Waals surface area (Å²) >= 11 is 0. The van der Waals surface area contributed by atoms with E-state index in [0.717, 1.165) is 0 Å². The van der Waals surface area contributed by atoms with Crippen LogP contribution >= 0.6 is 0 Å². The maximum atomic E-state index is 12.3. The molecule has 6 nitrogen and oxygen atoms in total. The Bertz CT molecular complexity index is 673. The summed E-state index contributed by atoms with van der Waals surface area (Å²) < 4.78 is 5.28. The van der Waals surface area contributed by atoms with Crippen LogP contribution in [-0.4, -0.2) is 35.7 Å². The van der Waals surface area contributed by atoms with Crippen molar-refractivity contribution in [2.45, 2.75) is 0 Å². The van der Waals surface area contributed by atoms with Crippen molar-refractivity contribution in [3.8, 4) is 0 Å². The van der Waals surface area contributed by atoms with Crippen LogP contribution in [0.4, 0.5) is 0 Å². The lowest BCUT2D eigenvalue weighted by atomic mass is 10.1. The van der Waals surface area contributed by atoms with Gasteiger partial charge in [-0.3, -0.25) is 19.7 Å². The summed E-state index contributed by atoms with van der Waals surface area (Å²) in [6.07, 6.45) is 1.35. The van der Waals surface area contributed by atoms with Crippen LogP contribution in [0, 0.1) is 0 Å². The van der Waals surface area contributed by atoms with Gasteiger partial charge in [0.1, 0.15) is 24.9 Å². The van der Waals surface area contributed by atoms with Crippen LogP contribution in [0.25, 0.3) is 11.0 Å². The van der Waals surface area contributed by atoms with Gasteiger partial charge < -0.3 is 9.32 Å². The summed E-state index contributed by atoms with van der Waals surface area (Å²) in [5.41, 5.74) is 0.955. The fraction of sp³-hybridized carbons (Fsp3) is 0.154. The lowest BCUT2D eigenvalue weighted by Crippen LogP contribution is -2.53. The van der Waals surface area contributed by atoms with Gasteiger partial charge in [-0.05, 0) is 6.07 Å². The molecule has 0 spiro atoms. The Morgan fingerprint density at radius 3 is 2.58 bits per heavy atom. The third kappa shape index (κ3) is 1.97. The molecule has 1 saturated heterocycles. The molecule has 6 heteroatoms. The van der Waals surface area contributed by atoms with Gasteiger partial charge in [0.25, 0.3) is 5.91 Å². The number of carbonyl (C=O) groups excluding carboxylic acids is 3. The Kier molecular flexibility index (Phi) is 2.56. The van der Waals surface area contributed by atoms with E-state index in [-0.39, 0.29) is 19.0 Å². The maximum Gasteiger partial charge on any atom is 0.258 e. The molecule has 96 valence electrons. The standard InChI is InChI=1S/C13H10N2O4/c16-11-5-15(6-12(17)14-11)13(18)9-7-19-10-4-2-1-3-8(9)10/h1-4,7H,5-6H2,(H,14,16,17). The van der Waals surface area contributed by atoms with Gasteiger partial charge in [0, 0.05) is 5.39 Å². The molecule has 1 aliphatic rings. The second-order valence-corrected chi connectivity index (χ2v) is 4.28. The van der Waals surface area contributed by atoms with Crippen molar-refractivity contribution in [3.05, 3.63) is 36.1 Å². The van der Waals surface area contributed by atoms with E-state index < -0.39 is 11.8 Å². The first-order chi connectivity index (χ1) is 9.15. The number of furan rings is 1. The van der Waals surface area contributed by atoms with E-state index in [1.165, 1.54) is 11.2 Å². The number of rotatable bonds is 1. The van der Waals surface area contributed by atoms with Crippen LogP contribution < -0.4 is 5.32 Å². The molecule has 3 amide bonds. The Morgan fingerprint density at radius 2 is 1.84 bits per heavy atom. The first-order valence-corrected chi connectivity index (χ1v) is 5.73. The average Bonchev–Trinajstić information content (AvgIpc) is 2.80. The molecule has 1 aliphatic heterocycles. The van der Waals surface area contributed by atoms with Crippen molar-refractivity contribution < 1.29 is 18.8 Å². The minimum absolute atomic E-state index is 0.121. The zero-order valence-electron chi connectivity index (χ0n) is 9.88. The van der Waals surface area contributed by atoms with Crippen molar-refractivity contribution >= 4 is 28.7 Å². The van der Waals surface area contributed by atoms with Crippen LogP contribution in [0.2, 0.25) is 0 Å². The van der Waals surface area contributed by atoms with Crippen LogP contribution in [0.5, 0.6) is 0 Å². The van der Waals surface area contributed by atoms with Crippen molar-refractivity contribution in [2.75, 3.05) is 13.1 Å². The number of para-hydroxylation sites is 1. The van der Waals surface area contributed by atoms with Crippen molar-refractivity contribution in [1.29, 1.82) is 0 Å². The molecule has 0 bridgehead atoms. The molecule has 0 aliphatic carbocycles. The number of benzene rings is 1. The van der Waals surface area contributed by atoms with E-state index in [1.807, 2.05) is 0 Å². The van der Waals surface area contributed by atoms with Gasteiger partial charge in [-0.15, -0.1) is 0 Å². The number of nitrogens with one attached hydrogen (secondary N) is 1. The highest BCUT2D eigenvalue weighted by molar-refractivity contribution is 6.10. The Hall–Kier alpha value is -2.63. The van der Waals surface area contributed by atoms with E-state index >= 15 is 0 Å². The van der Waals surface area contributed by atoms with E-state index in [9.17, 15) is 14.4 Å². The van der Waals surface area contributed by atoms with E-state index in [4.69, 9.17) is 4.42 Å². The first kappa shape index (κ1) is 11.5. The van der Waals surface area contributed by atoms with Crippen LogP contribution in [0.3, 0.4) is 0 Å². The van der Waals surface area contributed by atoms with Crippen LogP contribution in [0.15, 0.2) is 34.9 Å². The Balaban J connectivity index is 1.95. The van der Waals surface area contributed by atoms with Crippen molar-refractivity contribution in [3.63, 3.8) is 0 Å².